The van der Waals surface area contributed by atoms with E-state index < -0.39 is 0 Å². The van der Waals surface area contributed by atoms with Crippen LogP contribution in [0.1, 0.15) is 18.5 Å². The second kappa shape index (κ2) is 7.07. The standard InChI is InChI=1S/C15H18N2O2S/c1-11(12-7-8-20-10-12)16-9-15(18)17-13-3-5-14(19-2)6-4-13/h3-8,10-11,16H,9H2,1-2H3,(H,17,18). The third-order valence-corrected chi connectivity index (χ3v) is 3.69. The van der Waals surface area contributed by atoms with Gasteiger partial charge in [-0.05, 0) is 53.6 Å². The van der Waals surface area contributed by atoms with Crippen molar-refractivity contribution in [1.82, 2.24) is 5.32 Å². The molecule has 20 heavy (non-hydrogen) atoms. The van der Waals surface area contributed by atoms with Crippen molar-refractivity contribution in [2.75, 3.05) is 19.0 Å². The molecule has 1 amide bonds. The van der Waals surface area contributed by atoms with Gasteiger partial charge in [-0.25, -0.2) is 0 Å². The lowest BCUT2D eigenvalue weighted by Gasteiger charge is -2.12. The first-order chi connectivity index (χ1) is 9.69. The fraction of sp³-hybridized carbons (Fsp3) is 0.267. The number of amides is 1. The predicted octanol–water partition coefficient (Wildman–Crippen LogP) is 3.05. The fourth-order valence-corrected chi connectivity index (χ4v) is 2.52. The number of ether oxygens (including phenoxy) is 1. The molecule has 0 saturated heterocycles. The highest BCUT2D eigenvalue weighted by Gasteiger charge is 2.08. The van der Waals surface area contributed by atoms with Gasteiger partial charge in [0.2, 0.25) is 5.91 Å². The van der Waals surface area contributed by atoms with Gasteiger partial charge in [-0.1, -0.05) is 0 Å². The Morgan fingerprint density at radius 3 is 2.65 bits per heavy atom. The molecule has 0 saturated carbocycles. The van der Waals surface area contributed by atoms with Crippen LogP contribution in [0.4, 0.5) is 5.69 Å². The van der Waals surface area contributed by atoms with E-state index >= 15 is 0 Å². The molecule has 1 heterocycles. The Labute approximate surface area is 122 Å². The van der Waals surface area contributed by atoms with Crippen LogP contribution in [-0.4, -0.2) is 19.6 Å². The lowest BCUT2D eigenvalue weighted by molar-refractivity contribution is -0.115. The molecule has 0 bridgehead atoms. The number of anilines is 1. The van der Waals surface area contributed by atoms with Crippen molar-refractivity contribution in [3.63, 3.8) is 0 Å². The molecular weight excluding hydrogens is 272 g/mol. The topological polar surface area (TPSA) is 50.4 Å². The molecule has 0 fully saturated rings. The van der Waals surface area contributed by atoms with Crippen molar-refractivity contribution in [1.29, 1.82) is 0 Å². The van der Waals surface area contributed by atoms with Crippen molar-refractivity contribution in [2.24, 2.45) is 0 Å². The van der Waals surface area contributed by atoms with Crippen LogP contribution in [0.15, 0.2) is 41.1 Å². The number of benzene rings is 1. The molecule has 1 unspecified atom stereocenters. The molecule has 0 aliphatic carbocycles. The Morgan fingerprint density at radius 2 is 2.05 bits per heavy atom. The van der Waals surface area contributed by atoms with E-state index in [9.17, 15) is 4.79 Å². The van der Waals surface area contributed by atoms with E-state index in [0.29, 0.717) is 0 Å². The molecular formula is C15H18N2O2S. The zero-order valence-electron chi connectivity index (χ0n) is 11.6. The Hall–Kier alpha value is -1.85. The average Bonchev–Trinajstić information content (AvgIpc) is 3.00. The largest absolute Gasteiger partial charge is 0.497 e. The van der Waals surface area contributed by atoms with Crippen LogP contribution in [0.5, 0.6) is 5.75 Å². The van der Waals surface area contributed by atoms with Crippen LogP contribution >= 0.6 is 11.3 Å². The smallest absolute Gasteiger partial charge is 0.238 e. The first-order valence-corrected chi connectivity index (χ1v) is 7.32. The molecule has 1 aromatic heterocycles. The van der Waals surface area contributed by atoms with Crippen molar-refractivity contribution in [3.05, 3.63) is 46.7 Å². The summed E-state index contributed by atoms with van der Waals surface area (Å²) >= 11 is 1.66. The summed E-state index contributed by atoms with van der Waals surface area (Å²) in [5.41, 5.74) is 1.97. The number of thiophene rings is 1. The molecule has 1 atom stereocenters. The summed E-state index contributed by atoms with van der Waals surface area (Å²) in [5, 5.41) is 10.2. The monoisotopic (exact) mass is 290 g/mol. The number of methoxy groups -OCH3 is 1. The van der Waals surface area contributed by atoms with E-state index in [-0.39, 0.29) is 18.5 Å². The Bertz CT molecular complexity index is 538. The molecule has 0 spiro atoms. The van der Waals surface area contributed by atoms with Crippen LogP contribution in [0.3, 0.4) is 0 Å². The van der Waals surface area contributed by atoms with E-state index in [0.717, 1.165) is 11.4 Å². The molecule has 0 radical (unpaired) electrons. The summed E-state index contributed by atoms with van der Waals surface area (Å²) in [7, 11) is 1.61. The lowest BCUT2D eigenvalue weighted by Crippen LogP contribution is -2.29. The number of carbonyl (C=O) groups is 1. The molecule has 106 valence electrons. The highest BCUT2D eigenvalue weighted by molar-refractivity contribution is 7.07. The van der Waals surface area contributed by atoms with E-state index in [1.54, 1.807) is 18.4 Å². The van der Waals surface area contributed by atoms with Gasteiger partial charge in [0.1, 0.15) is 5.75 Å². The van der Waals surface area contributed by atoms with Crippen molar-refractivity contribution in [2.45, 2.75) is 13.0 Å². The van der Waals surface area contributed by atoms with Gasteiger partial charge in [0.15, 0.2) is 0 Å². The molecule has 0 aliphatic rings. The minimum atomic E-state index is -0.0581. The summed E-state index contributed by atoms with van der Waals surface area (Å²) in [5.74, 6) is 0.712. The van der Waals surface area contributed by atoms with Gasteiger partial charge in [-0.15, -0.1) is 0 Å². The predicted molar refractivity (Wildman–Crippen MR) is 82.4 cm³/mol. The molecule has 0 aliphatic heterocycles. The van der Waals surface area contributed by atoms with Gasteiger partial charge in [0, 0.05) is 11.7 Å². The highest BCUT2D eigenvalue weighted by atomic mass is 32.1. The highest BCUT2D eigenvalue weighted by Crippen LogP contribution is 2.16. The lowest BCUT2D eigenvalue weighted by atomic mass is 10.2. The van der Waals surface area contributed by atoms with Gasteiger partial charge in [0.25, 0.3) is 0 Å². The second-order valence-electron chi connectivity index (χ2n) is 4.44. The van der Waals surface area contributed by atoms with E-state index in [1.165, 1.54) is 5.56 Å². The maximum absolute atomic E-state index is 11.8. The normalized spacial score (nSPS) is 11.9. The number of hydrogen-bond acceptors (Lipinski definition) is 4. The summed E-state index contributed by atoms with van der Waals surface area (Å²) in [6, 6.07) is 9.50. The summed E-state index contributed by atoms with van der Waals surface area (Å²) in [6.07, 6.45) is 0. The van der Waals surface area contributed by atoms with Crippen molar-refractivity contribution >= 4 is 22.9 Å². The third kappa shape index (κ3) is 4.08. The first kappa shape index (κ1) is 14.6. The Balaban J connectivity index is 1.80. The number of carbonyl (C=O) groups excluding carboxylic acids is 1. The van der Waals surface area contributed by atoms with E-state index in [4.69, 9.17) is 4.74 Å². The molecule has 1 aromatic carbocycles. The zero-order chi connectivity index (χ0) is 14.4. The van der Waals surface area contributed by atoms with Crippen LogP contribution in [-0.2, 0) is 4.79 Å². The van der Waals surface area contributed by atoms with Gasteiger partial charge >= 0.3 is 0 Å². The van der Waals surface area contributed by atoms with E-state index in [2.05, 4.69) is 22.1 Å². The summed E-state index contributed by atoms with van der Waals surface area (Å²) in [4.78, 5) is 11.8. The van der Waals surface area contributed by atoms with Crippen molar-refractivity contribution < 1.29 is 9.53 Å². The zero-order valence-corrected chi connectivity index (χ0v) is 12.4. The molecule has 5 heteroatoms. The first-order valence-electron chi connectivity index (χ1n) is 6.38. The third-order valence-electron chi connectivity index (χ3n) is 2.99. The number of rotatable bonds is 6. The van der Waals surface area contributed by atoms with Crippen LogP contribution < -0.4 is 15.4 Å². The van der Waals surface area contributed by atoms with Gasteiger partial charge < -0.3 is 15.4 Å². The number of hydrogen-bond donors (Lipinski definition) is 2. The van der Waals surface area contributed by atoms with Crippen molar-refractivity contribution in [3.8, 4) is 5.75 Å². The molecule has 2 N–H and O–H groups in total. The number of nitrogens with one attached hydrogen (secondary N) is 2. The Morgan fingerprint density at radius 1 is 1.30 bits per heavy atom. The quantitative estimate of drug-likeness (QED) is 0.859. The van der Waals surface area contributed by atoms with Crippen LogP contribution in [0.25, 0.3) is 0 Å². The molecule has 4 nitrogen and oxygen atoms in total. The summed E-state index contributed by atoms with van der Waals surface area (Å²) in [6.45, 7) is 2.33. The Kier molecular flexibility index (Phi) is 5.15. The minimum absolute atomic E-state index is 0.0581. The average molecular weight is 290 g/mol. The van der Waals surface area contributed by atoms with Crippen LogP contribution in [0.2, 0.25) is 0 Å². The molecule has 2 aromatic rings. The molecule has 2 rings (SSSR count). The van der Waals surface area contributed by atoms with Gasteiger partial charge in [0.05, 0.1) is 13.7 Å². The maximum atomic E-state index is 11.8. The van der Waals surface area contributed by atoms with E-state index in [1.807, 2.05) is 36.6 Å². The van der Waals surface area contributed by atoms with Gasteiger partial charge in [-0.2, -0.15) is 11.3 Å². The second-order valence-corrected chi connectivity index (χ2v) is 5.22. The summed E-state index contributed by atoms with van der Waals surface area (Å²) < 4.78 is 5.07. The SMILES string of the molecule is COc1ccc(NC(=O)CNC(C)c2ccsc2)cc1. The van der Waals surface area contributed by atoms with Crippen LogP contribution in [0, 0.1) is 0 Å². The fourth-order valence-electron chi connectivity index (χ4n) is 1.76. The maximum Gasteiger partial charge on any atom is 0.238 e. The van der Waals surface area contributed by atoms with Gasteiger partial charge in [-0.3, -0.25) is 4.79 Å². The minimum Gasteiger partial charge on any atom is -0.497 e.